The molecule has 4 heterocycles. The number of aliphatic hydroxyl groups excluding tert-OH is 2. The molecule has 0 amide bonds. The van der Waals surface area contributed by atoms with Crippen LogP contribution in [-0.2, 0) is 13.0 Å². The molecule has 2 N–H and O–H groups in total. The standard InChI is InChI=1S/C14H19N7O2S/c1-19-3-2-9-10(8-19)24-13-11(9)12(20(4-6-22)5-7-23)15-14-16-17-18-21(13)14/h22-23H,2-8H2,1H3. The average molecular weight is 349 g/mol. The normalized spacial score (nSPS) is 15.3. The third-order valence-corrected chi connectivity index (χ3v) is 5.54. The highest BCUT2D eigenvalue weighted by Crippen LogP contribution is 2.39. The van der Waals surface area contributed by atoms with Crippen molar-refractivity contribution >= 4 is 33.1 Å². The molecular formula is C14H19N7O2S. The summed E-state index contributed by atoms with van der Waals surface area (Å²) in [6, 6.07) is 0. The smallest absolute Gasteiger partial charge is 0.276 e. The van der Waals surface area contributed by atoms with Crippen LogP contribution in [0, 0.1) is 0 Å². The zero-order chi connectivity index (χ0) is 16.7. The number of nitrogens with zero attached hydrogens (tertiary/aromatic N) is 7. The van der Waals surface area contributed by atoms with Crippen LogP contribution in [0.2, 0.25) is 0 Å². The Morgan fingerprint density at radius 1 is 1.25 bits per heavy atom. The molecular weight excluding hydrogens is 330 g/mol. The van der Waals surface area contributed by atoms with Gasteiger partial charge in [0.1, 0.15) is 10.6 Å². The van der Waals surface area contributed by atoms with Crippen molar-refractivity contribution in [1.29, 1.82) is 0 Å². The van der Waals surface area contributed by atoms with E-state index < -0.39 is 0 Å². The van der Waals surface area contributed by atoms with E-state index >= 15 is 0 Å². The van der Waals surface area contributed by atoms with Gasteiger partial charge in [-0.1, -0.05) is 5.10 Å². The Balaban J connectivity index is 1.99. The molecule has 1 aliphatic heterocycles. The van der Waals surface area contributed by atoms with Crippen molar-refractivity contribution in [3.63, 3.8) is 0 Å². The first-order chi connectivity index (χ1) is 11.7. The summed E-state index contributed by atoms with van der Waals surface area (Å²) < 4.78 is 1.68. The van der Waals surface area contributed by atoms with Crippen molar-refractivity contribution < 1.29 is 10.2 Å². The van der Waals surface area contributed by atoms with Gasteiger partial charge in [-0.2, -0.15) is 9.50 Å². The van der Waals surface area contributed by atoms with E-state index in [4.69, 9.17) is 0 Å². The van der Waals surface area contributed by atoms with Gasteiger partial charge in [-0.15, -0.1) is 11.3 Å². The Hall–Kier alpha value is -1.88. The quantitative estimate of drug-likeness (QED) is 0.636. The third kappa shape index (κ3) is 2.42. The van der Waals surface area contributed by atoms with Gasteiger partial charge in [0.15, 0.2) is 0 Å². The molecule has 0 saturated carbocycles. The topological polar surface area (TPSA) is 103 Å². The molecule has 0 fully saturated rings. The largest absolute Gasteiger partial charge is 0.395 e. The maximum absolute atomic E-state index is 9.39. The summed E-state index contributed by atoms with van der Waals surface area (Å²) in [6.07, 6.45) is 0.945. The van der Waals surface area contributed by atoms with Gasteiger partial charge in [0.05, 0.1) is 18.6 Å². The van der Waals surface area contributed by atoms with Crippen LogP contribution in [0.1, 0.15) is 10.4 Å². The van der Waals surface area contributed by atoms with Crippen molar-refractivity contribution in [2.45, 2.75) is 13.0 Å². The zero-order valence-corrected chi connectivity index (χ0v) is 14.2. The number of aliphatic hydroxyl groups is 2. The van der Waals surface area contributed by atoms with Crippen molar-refractivity contribution in [3.8, 4) is 0 Å². The predicted molar refractivity (Wildman–Crippen MR) is 90.4 cm³/mol. The summed E-state index contributed by atoms with van der Waals surface area (Å²) in [4.78, 5) is 11.1. The van der Waals surface area contributed by atoms with Gasteiger partial charge in [-0.05, 0) is 29.5 Å². The number of rotatable bonds is 5. The second kappa shape index (κ2) is 6.20. The van der Waals surface area contributed by atoms with E-state index in [1.54, 1.807) is 15.9 Å². The summed E-state index contributed by atoms with van der Waals surface area (Å²) in [5, 5.41) is 31.6. The molecule has 0 aliphatic carbocycles. The van der Waals surface area contributed by atoms with Crippen LogP contribution in [0.5, 0.6) is 0 Å². The van der Waals surface area contributed by atoms with Crippen LogP contribution in [0.3, 0.4) is 0 Å². The second-order valence-corrected chi connectivity index (χ2v) is 7.02. The van der Waals surface area contributed by atoms with Gasteiger partial charge >= 0.3 is 0 Å². The molecule has 3 aromatic rings. The van der Waals surface area contributed by atoms with E-state index in [0.717, 1.165) is 35.5 Å². The highest BCUT2D eigenvalue weighted by Gasteiger charge is 2.26. The fourth-order valence-electron chi connectivity index (χ4n) is 3.22. The number of hydrogen-bond donors (Lipinski definition) is 2. The van der Waals surface area contributed by atoms with Crippen molar-refractivity contribution in [2.75, 3.05) is 44.8 Å². The highest BCUT2D eigenvalue weighted by atomic mass is 32.1. The monoisotopic (exact) mass is 349 g/mol. The fraction of sp³-hybridized carbons (Fsp3) is 0.571. The lowest BCUT2D eigenvalue weighted by Gasteiger charge is -2.25. The van der Waals surface area contributed by atoms with E-state index in [9.17, 15) is 10.2 Å². The Morgan fingerprint density at radius 2 is 2.04 bits per heavy atom. The van der Waals surface area contributed by atoms with E-state index in [1.165, 1.54) is 10.4 Å². The highest BCUT2D eigenvalue weighted by molar-refractivity contribution is 7.19. The van der Waals surface area contributed by atoms with Crippen LogP contribution in [0.15, 0.2) is 0 Å². The first-order valence-corrected chi connectivity index (χ1v) is 8.72. The number of fused-ring (bicyclic) bond motifs is 5. The minimum atomic E-state index is -0.00560. The van der Waals surface area contributed by atoms with Crippen molar-refractivity contribution in [1.82, 2.24) is 29.9 Å². The second-order valence-electron chi connectivity index (χ2n) is 5.93. The van der Waals surface area contributed by atoms with E-state index in [2.05, 4.69) is 32.5 Å². The molecule has 3 aromatic heterocycles. The van der Waals surface area contributed by atoms with Gasteiger partial charge in [0.25, 0.3) is 5.78 Å². The number of anilines is 1. The van der Waals surface area contributed by atoms with E-state index in [1.807, 2.05) is 4.90 Å². The van der Waals surface area contributed by atoms with Crippen LogP contribution in [0.25, 0.3) is 16.0 Å². The van der Waals surface area contributed by atoms with Crippen LogP contribution < -0.4 is 4.90 Å². The molecule has 0 aromatic carbocycles. The summed E-state index contributed by atoms with van der Waals surface area (Å²) in [6.45, 7) is 2.70. The molecule has 128 valence electrons. The number of aromatic nitrogens is 5. The number of thiophene rings is 1. The van der Waals surface area contributed by atoms with E-state index in [-0.39, 0.29) is 13.2 Å². The van der Waals surface area contributed by atoms with Gasteiger partial charge < -0.3 is 20.0 Å². The molecule has 1 aliphatic rings. The van der Waals surface area contributed by atoms with Gasteiger partial charge in [-0.3, -0.25) is 0 Å². The molecule has 10 heteroatoms. The minimum absolute atomic E-state index is 0.00560. The lowest BCUT2D eigenvalue weighted by molar-refractivity contribution is 0.281. The van der Waals surface area contributed by atoms with Crippen LogP contribution in [-0.4, -0.2) is 80.0 Å². The Kier molecular flexibility index (Phi) is 4.04. The molecule has 0 bridgehead atoms. The zero-order valence-electron chi connectivity index (χ0n) is 13.4. The maximum Gasteiger partial charge on any atom is 0.276 e. The molecule has 0 spiro atoms. The van der Waals surface area contributed by atoms with Crippen molar-refractivity contribution in [2.24, 2.45) is 0 Å². The predicted octanol–water partition coefficient (Wildman–Crippen LogP) is -0.487. The SMILES string of the molecule is CN1CCc2c(sc3c2c(N(CCO)CCO)nc2nnnn23)C1. The van der Waals surface area contributed by atoms with Gasteiger partial charge in [-0.25, -0.2) is 0 Å². The Bertz CT molecular complexity index is 871. The molecule has 0 unspecified atom stereocenters. The molecule has 24 heavy (non-hydrogen) atoms. The molecule has 0 atom stereocenters. The first-order valence-electron chi connectivity index (χ1n) is 7.90. The first kappa shape index (κ1) is 15.6. The maximum atomic E-state index is 9.39. The average Bonchev–Trinajstić information content (AvgIpc) is 3.17. The summed E-state index contributed by atoms with van der Waals surface area (Å²) in [5.41, 5.74) is 1.29. The van der Waals surface area contributed by atoms with Crippen LogP contribution >= 0.6 is 11.3 Å². The number of tetrazole rings is 1. The van der Waals surface area contributed by atoms with Gasteiger partial charge in [0.2, 0.25) is 0 Å². The lowest BCUT2D eigenvalue weighted by Crippen LogP contribution is -2.31. The molecule has 0 radical (unpaired) electrons. The Labute approximate surface area is 142 Å². The summed E-state index contributed by atoms with van der Waals surface area (Å²) in [7, 11) is 2.11. The van der Waals surface area contributed by atoms with E-state index in [0.29, 0.717) is 18.9 Å². The molecule has 0 saturated heterocycles. The lowest BCUT2D eigenvalue weighted by atomic mass is 10.1. The minimum Gasteiger partial charge on any atom is -0.395 e. The van der Waals surface area contributed by atoms with Crippen LogP contribution in [0.4, 0.5) is 5.82 Å². The molecule has 9 nitrogen and oxygen atoms in total. The molecule has 4 rings (SSSR count). The third-order valence-electron chi connectivity index (χ3n) is 4.34. The summed E-state index contributed by atoms with van der Waals surface area (Å²) >= 11 is 1.69. The Morgan fingerprint density at radius 3 is 2.79 bits per heavy atom. The number of likely N-dealkylation sites (N-methyl/N-ethyl adjacent to an activating group) is 1. The van der Waals surface area contributed by atoms with Crippen molar-refractivity contribution in [3.05, 3.63) is 10.4 Å². The summed E-state index contributed by atoms with van der Waals surface area (Å²) in [5.74, 6) is 1.18. The van der Waals surface area contributed by atoms with Gasteiger partial charge in [0, 0.05) is 31.1 Å². The number of hydrogen-bond acceptors (Lipinski definition) is 9. The fourth-order valence-corrected chi connectivity index (χ4v) is 4.59.